The van der Waals surface area contributed by atoms with Gasteiger partial charge in [0.05, 0.1) is 19.8 Å². The fraction of sp³-hybridized carbons (Fsp3) is 0.655. The van der Waals surface area contributed by atoms with Gasteiger partial charge < -0.3 is 35.2 Å². The lowest BCUT2D eigenvalue weighted by Crippen LogP contribution is -2.47. The summed E-state index contributed by atoms with van der Waals surface area (Å²) < 4.78 is 11.6. The van der Waals surface area contributed by atoms with Gasteiger partial charge in [0, 0.05) is 89.7 Å². The SMILES string of the molecule is O=C(C[C@@H]1CCN2C[C@@H]1/C=C/COc1ccc(N3CCNCC3)cc1CNCC2=O)NCCN1CCOCC1. The lowest BCUT2D eigenvalue weighted by atomic mass is 9.82. The molecule has 3 saturated heterocycles. The van der Waals surface area contributed by atoms with Crippen molar-refractivity contribution in [3.8, 4) is 5.75 Å². The van der Waals surface area contributed by atoms with Crippen LogP contribution in [-0.4, -0.2) is 113 Å². The number of benzene rings is 1. The summed E-state index contributed by atoms with van der Waals surface area (Å²) in [6, 6.07) is 6.37. The number of hydrogen-bond acceptors (Lipinski definition) is 8. The monoisotopic (exact) mass is 540 g/mol. The van der Waals surface area contributed by atoms with E-state index in [-0.39, 0.29) is 23.7 Å². The Morgan fingerprint density at radius 1 is 1.03 bits per heavy atom. The van der Waals surface area contributed by atoms with Crippen molar-refractivity contribution < 1.29 is 19.1 Å². The van der Waals surface area contributed by atoms with Gasteiger partial charge in [-0.15, -0.1) is 0 Å². The van der Waals surface area contributed by atoms with Crippen LogP contribution in [0, 0.1) is 11.8 Å². The predicted molar refractivity (Wildman–Crippen MR) is 151 cm³/mol. The Morgan fingerprint density at radius 3 is 2.72 bits per heavy atom. The molecule has 3 N–H and O–H groups in total. The summed E-state index contributed by atoms with van der Waals surface area (Å²) in [5, 5.41) is 9.87. The Hall–Kier alpha value is -2.66. The highest BCUT2D eigenvalue weighted by Crippen LogP contribution is 2.29. The maximum absolute atomic E-state index is 13.1. The van der Waals surface area contributed by atoms with Gasteiger partial charge in [-0.25, -0.2) is 0 Å². The van der Waals surface area contributed by atoms with Crippen LogP contribution < -0.4 is 25.6 Å². The van der Waals surface area contributed by atoms with Crippen LogP contribution in [0.5, 0.6) is 5.75 Å². The number of piperazine rings is 1. The summed E-state index contributed by atoms with van der Waals surface area (Å²) in [6.07, 6.45) is 5.52. The number of morpholine rings is 1. The number of amides is 2. The molecule has 5 rings (SSSR count). The molecule has 0 spiro atoms. The Kier molecular flexibility index (Phi) is 10.1. The number of nitrogens with one attached hydrogen (secondary N) is 3. The molecule has 1 aromatic carbocycles. The molecule has 0 aromatic heterocycles. The second kappa shape index (κ2) is 14.1. The minimum absolute atomic E-state index is 0.0940. The number of carbonyl (C=O) groups is 2. The number of hydrogen-bond donors (Lipinski definition) is 3. The van der Waals surface area contributed by atoms with Gasteiger partial charge in [0.2, 0.25) is 11.8 Å². The number of nitrogens with zero attached hydrogens (tertiary/aromatic N) is 3. The smallest absolute Gasteiger partial charge is 0.236 e. The van der Waals surface area contributed by atoms with Gasteiger partial charge >= 0.3 is 0 Å². The van der Waals surface area contributed by atoms with E-state index in [2.05, 4.69) is 56.1 Å². The maximum Gasteiger partial charge on any atom is 0.236 e. The van der Waals surface area contributed by atoms with Gasteiger partial charge in [-0.2, -0.15) is 0 Å². The zero-order valence-corrected chi connectivity index (χ0v) is 23.0. The van der Waals surface area contributed by atoms with Gasteiger partial charge in [-0.05, 0) is 36.5 Å². The number of rotatable bonds is 6. The van der Waals surface area contributed by atoms with E-state index in [0.717, 1.165) is 76.8 Å². The third kappa shape index (κ3) is 7.94. The van der Waals surface area contributed by atoms with E-state index < -0.39 is 0 Å². The van der Waals surface area contributed by atoms with Crippen LogP contribution >= 0.6 is 0 Å². The molecule has 4 aliphatic rings. The summed E-state index contributed by atoms with van der Waals surface area (Å²) >= 11 is 0. The van der Waals surface area contributed by atoms with Crippen molar-refractivity contribution in [2.24, 2.45) is 11.8 Å². The largest absolute Gasteiger partial charge is 0.489 e. The maximum atomic E-state index is 13.1. The van der Waals surface area contributed by atoms with E-state index in [0.29, 0.717) is 45.8 Å². The van der Waals surface area contributed by atoms with Crippen molar-refractivity contribution in [2.45, 2.75) is 19.4 Å². The van der Waals surface area contributed by atoms with E-state index in [1.165, 1.54) is 5.69 Å². The van der Waals surface area contributed by atoms with E-state index in [1.807, 2.05) is 4.90 Å². The van der Waals surface area contributed by atoms with Crippen LogP contribution in [0.2, 0.25) is 0 Å². The average molecular weight is 541 g/mol. The fourth-order valence-electron chi connectivity index (χ4n) is 5.97. The summed E-state index contributed by atoms with van der Waals surface area (Å²) in [7, 11) is 0. The van der Waals surface area contributed by atoms with Crippen molar-refractivity contribution in [1.82, 2.24) is 25.8 Å². The standard InChI is InChI=1S/C29H44N6O4/c36-28(32-8-10-33-13-16-38-17-14-33)19-23-5-9-35-22-24(23)2-1-15-39-27-4-3-26(34-11-6-30-7-12-34)18-25(27)20-31-21-29(35)37/h1-4,18,23-24,30-31H,5-17,19-22H2,(H,32,36)/b2-1+/t23-,24-/m0/s1. The Bertz CT molecular complexity index is 992. The number of piperidine rings is 1. The van der Waals surface area contributed by atoms with E-state index in [9.17, 15) is 9.59 Å². The zero-order valence-electron chi connectivity index (χ0n) is 23.0. The number of fused-ring (bicyclic) bond motifs is 3. The molecule has 10 heteroatoms. The van der Waals surface area contributed by atoms with Crippen LogP contribution in [0.15, 0.2) is 30.4 Å². The molecule has 4 heterocycles. The van der Waals surface area contributed by atoms with Gasteiger partial charge in [0.25, 0.3) is 0 Å². The first-order chi connectivity index (χ1) is 19.2. The summed E-state index contributed by atoms with van der Waals surface area (Å²) in [5.74, 6) is 1.39. The van der Waals surface area contributed by atoms with Crippen molar-refractivity contribution >= 4 is 17.5 Å². The molecule has 2 atom stereocenters. The molecule has 0 radical (unpaired) electrons. The molecule has 3 fully saturated rings. The number of carbonyl (C=O) groups excluding carboxylic acids is 2. The van der Waals surface area contributed by atoms with Gasteiger partial charge in [0.1, 0.15) is 12.4 Å². The fourth-order valence-corrected chi connectivity index (χ4v) is 5.97. The normalized spacial score (nSPS) is 25.9. The van der Waals surface area contributed by atoms with Crippen molar-refractivity contribution in [2.75, 3.05) is 96.7 Å². The molecule has 0 aliphatic carbocycles. The molecule has 39 heavy (non-hydrogen) atoms. The van der Waals surface area contributed by atoms with Crippen LogP contribution in [0.3, 0.4) is 0 Å². The molecule has 0 unspecified atom stereocenters. The Balaban J connectivity index is 1.19. The number of anilines is 1. The molecular weight excluding hydrogens is 496 g/mol. The van der Waals surface area contributed by atoms with Crippen molar-refractivity contribution in [3.63, 3.8) is 0 Å². The van der Waals surface area contributed by atoms with Crippen LogP contribution in [0.25, 0.3) is 0 Å². The van der Waals surface area contributed by atoms with Crippen LogP contribution in [-0.2, 0) is 20.9 Å². The van der Waals surface area contributed by atoms with Gasteiger partial charge in [-0.3, -0.25) is 14.5 Å². The first-order valence-electron chi connectivity index (χ1n) is 14.6. The molecular formula is C29H44N6O4. The highest BCUT2D eigenvalue weighted by Gasteiger charge is 2.31. The van der Waals surface area contributed by atoms with Gasteiger partial charge in [0.15, 0.2) is 0 Å². The molecule has 0 saturated carbocycles. The van der Waals surface area contributed by atoms with E-state index >= 15 is 0 Å². The molecule has 1 aromatic rings. The first kappa shape index (κ1) is 27.9. The van der Waals surface area contributed by atoms with E-state index in [4.69, 9.17) is 9.47 Å². The third-order valence-electron chi connectivity index (χ3n) is 8.30. The topological polar surface area (TPSA) is 98.4 Å². The lowest BCUT2D eigenvalue weighted by molar-refractivity contribution is -0.132. The quantitative estimate of drug-likeness (QED) is 0.448. The number of ether oxygens (including phenoxy) is 2. The third-order valence-corrected chi connectivity index (χ3v) is 8.30. The molecule has 10 nitrogen and oxygen atoms in total. The lowest BCUT2D eigenvalue weighted by Gasteiger charge is -2.37. The summed E-state index contributed by atoms with van der Waals surface area (Å²) in [6.45, 7) is 11.5. The summed E-state index contributed by atoms with van der Waals surface area (Å²) in [5.41, 5.74) is 2.26. The van der Waals surface area contributed by atoms with Crippen LogP contribution in [0.1, 0.15) is 18.4 Å². The average Bonchev–Trinajstić information content (AvgIpc) is 2.98. The minimum Gasteiger partial charge on any atom is -0.489 e. The second-order valence-corrected chi connectivity index (χ2v) is 10.9. The highest BCUT2D eigenvalue weighted by molar-refractivity contribution is 5.79. The van der Waals surface area contributed by atoms with Crippen molar-refractivity contribution in [3.05, 3.63) is 35.9 Å². The Morgan fingerprint density at radius 2 is 1.87 bits per heavy atom. The van der Waals surface area contributed by atoms with Gasteiger partial charge in [-0.1, -0.05) is 12.2 Å². The van der Waals surface area contributed by atoms with Crippen molar-refractivity contribution in [1.29, 1.82) is 0 Å². The summed E-state index contributed by atoms with van der Waals surface area (Å²) in [4.78, 5) is 32.5. The predicted octanol–water partition coefficient (Wildman–Crippen LogP) is 0.438. The molecule has 2 bridgehead atoms. The molecule has 214 valence electrons. The minimum atomic E-state index is 0.0940. The van der Waals surface area contributed by atoms with E-state index in [1.54, 1.807) is 0 Å². The second-order valence-electron chi connectivity index (χ2n) is 10.9. The van der Waals surface area contributed by atoms with Crippen LogP contribution in [0.4, 0.5) is 5.69 Å². The molecule has 4 aliphatic heterocycles. The zero-order chi connectivity index (χ0) is 26.9. The Labute approximate surface area is 232 Å². The highest BCUT2D eigenvalue weighted by atomic mass is 16.5. The first-order valence-corrected chi connectivity index (χ1v) is 14.6. The molecule has 2 amide bonds.